The minimum atomic E-state index is -1.35. The molecule has 1 unspecified atom stereocenters. The third-order valence-electron chi connectivity index (χ3n) is 2.24. The summed E-state index contributed by atoms with van der Waals surface area (Å²) >= 11 is 5.67. The topological polar surface area (TPSA) is 9.23 Å². The van der Waals surface area contributed by atoms with Gasteiger partial charge in [-0.25, -0.2) is 0 Å². The van der Waals surface area contributed by atoms with E-state index in [1.165, 1.54) is 12.1 Å². The minimum Gasteiger partial charge on any atom is -0.417 e. The molecule has 0 saturated carbocycles. The van der Waals surface area contributed by atoms with Gasteiger partial charge in [-0.3, -0.25) is 0 Å². The molecule has 0 rings (SSSR count). The van der Waals surface area contributed by atoms with Gasteiger partial charge in [0, 0.05) is 12.5 Å². The van der Waals surface area contributed by atoms with E-state index in [-0.39, 0.29) is 0 Å². The van der Waals surface area contributed by atoms with Crippen molar-refractivity contribution in [2.75, 3.05) is 12.5 Å². The summed E-state index contributed by atoms with van der Waals surface area (Å²) in [5.41, 5.74) is 0. The van der Waals surface area contributed by atoms with Crippen LogP contribution in [0.4, 0.5) is 0 Å². The maximum Gasteiger partial charge on any atom is 0.189 e. The molecule has 0 spiro atoms. The second-order valence-electron chi connectivity index (χ2n) is 3.44. The van der Waals surface area contributed by atoms with E-state index >= 15 is 0 Å². The van der Waals surface area contributed by atoms with E-state index in [1.807, 2.05) is 0 Å². The Hall–Kier alpha value is 0.467. The van der Waals surface area contributed by atoms with Gasteiger partial charge in [0.05, 0.1) is 0 Å². The molecule has 1 atom stereocenters. The average Bonchev–Trinajstić information content (AvgIpc) is 2.11. The molecule has 12 heavy (non-hydrogen) atoms. The zero-order chi connectivity index (χ0) is 9.45. The quantitative estimate of drug-likeness (QED) is 0.459. The Morgan fingerprint density at radius 2 is 2.00 bits per heavy atom. The van der Waals surface area contributed by atoms with Gasteiger partial charge in [0.15, 0.2) is 8.32 Å². The van der Waals surface area contributed by atoms with Crippen molar-refractivity contribution in [3.05, 3.63) is 0 Å². The van der Waals surface area contributed by atoms with Crippen LogP contribution in [0.25, 0.3) is 0 Å². The predicted octanol–water partition coefficient (Wildman–Crippen LogP) is 3.64. The second kappa shape index (κ2) is 6.93. The summed E-state index contributed by atoms with van der Waals surface area (Å²) in [5.74, 6) is 0.776. The van der Waals surface area contributed by atoms with Gasteiger partial charge in [0.25, 0.3) is 0 Å². The van der Waals surface area contributed by atoms with Gasteiger partial charge in [-0.1, -0.05) is 13.8 Å². The summed E-state index contributed by atoms with van der Waals surface area (Å²) < 4.78 is 5.91. The Kier molecular flexibility index (Phi) is 7.20. The van der Waals surface area contributed by atoms with Crippen LogP contribution in [0.2, 0.25) is 18.6 Å². The zero-order valence-corrected chi connectivity index (χ0v) is 10.3. The molecule has 0 heterocycles. The van der Waals surface area contributed by atoms with Crippen LogP contribution >= 0.6 is 11.6 Å². The fraction of sp³-hybridized carbons (Fsp3) is 1.00. The molecule has 0 fully saturated rings. The molecule has 0 saturated heterocycles. The normalized spacial score (nSPS) is 16.0. The highest BCUT2D eigenvalue weighted by Crippen LogP contribution is 2.19. The fourth-order valence-electron chi connectivity index (χ4n) is 1.14. The number of alkyl halides is 1. The first-order valence-corrected chi connectivity index (χ1v) is 8.24. The highest BCUT2D eigenvalue weighted by atomic mass is 35.5. The molecule has 0 aromatic rings. The highest BCUT2D eigenvalue weighted by molar-refractivity contribution is 6.72. The second-order valence-corrected chi connectivity index (χ2v) is 8.22. The van der Waals surface area contributed by atoms with Gasteiger partial charge < -0.3 is 4.43 Å². The zero-order valence-electron chi connectivity index (χ0n) is 8.53. The number of rotatable bonds is 7. The first-order chi connectivity index (χ1) is 5.68. The Bertz CT molecular complexity index is 101. The van der Waals surface area contributed by atoms with Crippen LogP contribution in [0.1, 0.15) is 26.7 Å². The molecule has 0 aliphatic rings. The first kappa shape index (κ1) is 12.5. The van der Waals surface area contributed by atoms with Crippen LogP contribution in [0.5, 0.6) is 0 Å². The number of halogens is 1. The van der Waals surface area contributed by atoms with E-state index in [0.717, 1.165) is 25.3 Å². The summed E-state index contributed by atoms with van der Waals surface area (Å²) in [6.07, 6.45) is 2.24. The Labute approximate surface area is 82.6 Å². The molecule has 0 aromatic heterocycles. The van der Waals surface area contributed by atoms with E-state index in [9.17, 15) is 0 Å². The van der Waals surface area contributed by atoms with E-state index in [4.69, 9.17) is 16.0 Å². The third-order valence-corrected chi connectivity index (χ3v) is 6.32. The molecule has 3 heteroatoms. The van der Waals surface area contributed by atoms with Crippen LogP contribution in [-0.4, -0.2) is 20.8 Å². The summed E-state index contributed by atoms with van der Waals surface area (Å²) in [6, 6.07) is 2.43. The van der Waals surface area contributed by atoms with Crippen molar-refractivity contribution in [3.63, 3.8) is 0 Å². The maximum atomic E-state index is 5.91. The van der Waals surface area contributed by atoms with Gasteiger partial charge in [-0.2, -0.15) is 0 Å². The maximum absolute atomic E-state index is 5.91. The molecule has 0 aliphatic carbocycles. The molecule has 1 nitrogen and oxygen atoms in total. The smallest absolute Gasteiger partial charge is 0.189 e. The molecular weight excluding hydrogens is 188 g/mol. The standard InChI is InChI=1S/C9H21ClOSi/c1-4-8-11-12(3,5-2)9-6-7-10/h4-9H2,1-3H3. The van der Waals surface area contributed by atoms with Crippen molar-refractivity contribution in [1.82, 2.24) is 0 Å². The van der Waals surface area contributed by atoms with E-state index in [0.29, 0.717) is 0 Å². The fourth-order valence-corrected chi connectivity index (χ4v) is 3.82. The molecule has 0 aromatic carbocycles. The summed E-state index contributed by atoms with van der Waals surface area (Å²) in [6.45, 7) is 7.64. The van der Waals surface area contributed by atoms with Gasteiger partial charge in [0.1, 0.15) is 0 Å². The summed E-state index contributed by atoms with van der Waals surface area (Å²) in [7, 11) is -1.35. The third kappa shape index (κ3) is 5.17. The largest absolute Gasteiger partial charge is 0.417 e. The van der Waals surface area contributed by atoms with Crippen molar-refractivity contribution in [2.45, 2.75) is 45.3 Å². The van der Waals surface area contributed by atoms with Gasteiger partial charge >= 0.3 is 0 Å². The highest BCUT2D eigenvalue weighted by Gasteiger charge is 2.25. The minimum absolute atomic E-state index is 0.776. The van der Waals surface area contributed by atoms with Crippen LogP contribution in [0, 0.1) is 0 Å². The molecule has 0 radical (unpaired) electrons. The van der Waals surface area contributed by atoms with Crippen LogP contribution in [-0.2, 0) is 4.43 Å². The van der Waals surface area contributed by atoms with Crippen molar-refractivity contribution >= 4 is 19.9 Å². The molecule has 0 bridgehead atoms. The molecule has 0 N–H and O–H groups in total. The number of hydrogen-bond donors (Lipinski definition) is 0. The lowest BCUT2D eigenvalue weighted by atomic mass is 10.5. The van der Waals surface area contributed by atoms with Crippen molar-refractivity contribution in [2.24, 2.45) is 0 Å². The van der Waals surface area contributed by atoms with Crippen molar-refractivity contribution in [3.8, 4) is 0 Å². The van der Waals surface area contributed by atoms with E-state index in [1.54, 1.807) is 0 Å². The van der Waals surface area contributed by atoms with Crippen LogP contribution in [0.3, 0.4) is 0 Å². The SMILES string of the molecule is CCCO[Si](C)(CC)CCCCl. The molecule has 74 valence electrons. The lowest BCUT2D eigenvalue weighted by molar-refractivity contribution is 0.302. The van der Waals surface area contributed by atoms with Gasteiger partial charge in [-0.05, 0) is 31.5 Å². The number of hydrogen-bond acceptors (Lipinski definition) is 1. The Balaban J connectivity index is 3.70. The summed E-state index contributed by atoms with van der Waals surface area (Å²) in [4.78, 5) is 0. The monoisotopic (exact) mass is 208 g/mol. The summed E-state index contributed by atoms with van der Waals surface area (Å²) in [5, 5.41) is 0. The Morgan fingerprint density at radius 1 is 1.33 bits per heavy atom. The van der Waals surface area contributed by atoms with Crippen LogP contribution < -0.4 is 0 Å². The van der Waals surface area contributed by atoms with Gasteiger partial charge in [-0.15, -0.1) is 11.6 Å². The Morgan fingerprint density at radius 3 is 2.42 bits per heavy atom. The molecule has 0 aliphatic heterocycles. The van der Waals surface area contributed by atoms with Crippen LogP contribution in [0.15, 0.2) is 0 Å². The van der Waals surface area contributed by atoms with Gasteiger partial charge in [0.2, 0.25) is 0 Å². The first-order valence-electron chi connectivity index (χ1n) is 4.88. The lowest BCUT2D eigenvalue weighted by Crippen LogP contribution is -2.33. The molecular formula is C9H21ClOSi. The van der Waals surface area contributed by atoms with Crippen molar-refractivity contribution in [1.29, 1.82) is 0 Å². The van der Waals surface area contributed by atoms with Crippen molar-refractivity contribution < 1.29 is 4.43 Å². The molecule has 0 amide bonds. The van der Waals surface area contributed by atoms with E-state index < -0.39 is 8.32 Å². The van der Waals surface area contributed by atoms with E-state index in [2.05, 4.69) is 20.4 Å². The average molecular weight is 209 g/mol. The predicted molar refractivity (Wildman–Crippen MR) is 58.5 cm³/mol. The lowest BCUT2D eigenvalue weighted by Gasteiger charge is -2.25.